The van der Waals surface area contributed by atoms with Gasteiger partial charge in [-0.2, -0.15) is 9.78 Å². The van der Waals surface area contributed by atoms with Gasteiger partial charge in [0.25, 0.3) is 5.91 Å². The van der Waals surface area contributed by atoms with Crippen LogP contribution in [-0.2, 0) is 13.2 Å². The molecule has 2 aromatic carbocycles. The van der Waals surface area contributed by atoms with Gasteiger partial charge in [0, 0.05) is 5.56 Å². The van der Waals surface area contributed by atoms with Crippen LogP contribution in [0.5, 0.6) is 11.5 Å². The van der Waals surface area contributed by atoms with Crippen LogP contribution >= 0.6 is 0 Å². The lowest BCUT2D eigenvalue weighted by Gasteiger charge is -2.13. The van der Waals surface area contributed by atoms with Gasteiger partial charge in [-0.25, -0.2) is 14.4 Å². The normalized spacial score (nSPS) is 11.3. The molecule has 14 heteroatoms. The predicted octanol–water partition coefficient (Wildman–Crippen LogP) is 0.368. The van der Waals surface area contributed by atoms with Gasteiger partial charge < -0.3 is 20.1 Å². The molecule has 0 spiro atoms. The van der Waals surface area contributed by atoms with Crippen LogP contribution in [0.2, 0.25) is 0 Å². The number of hydrogen-bond donors (Lipinski definition) is 3. The van der Waals surface area contributed by atoms with Crippen molar-refractivity contribution in [1.82, 2.24) is 30.7 Å². The number of rotatable bonds is 10. The molecule has 2 aromatic heterocycles. The number of halogens is 1. The lowest BCUT2D eigenvalue weighted by atomic mass is 10.2. The number of ether oxygens (including phenoxy) is 2. The van der Waals surface area contributed by atoms with E-state index < -0.39 is 5.91 Å². The van der Waals surface area contributed by atoms with Crippen molar-refractivity contribution in [3.8, 4) is 17.3 Å². The Hall–Kier alpha value is -4.85. The van der Waals surface area contributed by atoms with Crippen LogP contribution in [0.1, 0.15) is 27.3 Å². The summed E-state index contributed by atoms with van der Waals surface area (Å²) < 4.78 is 30.5. The van der Waals surface area contributed by atoms with E-state index in [9.17, 15) is 9.18 Å². The third kappa shape index (κ3) is 5.87. The highest BCUT2D eigenvalue weighted by Gasteiger charge is 2.25. The number of benzene rings is 2. The molecule has 0 radical (unpaired) electrons. The van der Waals surface area contributed by atoms with Crippen molar-refractivity contribution in [2.24, 2.45) is 5.10 Å². The van der Waals surface area contributed by atoms with Crippen LogP contribution in [0.3, 0.4) is 0 Å². The minimum atomic E-state index is -0.592. The summed E-state index contributed by atoms with van der Waals surface area (Å²) in [6.45, 7) is 0.552. The van der Waals surface area contributed by atoms with Crippen LogP contribution in [0.4, 0.5) is 10.2 Å². The first kappa shape index (κ1) is 25.2. The molecular weight excluding hydrogens is 485 g/mol. The molecule has 0 aliphatic carbocycles. The zero-order valence-corrected chi connectivity index (χ0v) is 20.3. The second-order valence-electron chi connectivity index (χ2n) is 8.15. The number of nitrogens with two attached hydrogens (primary N) is 1. The van der Waals surface area contributed by atoms with Gasteiger partial charge in [-0.1, -0.05) is 23.4 Å². The fourth-order valence-electron chi connectivity index (χ4n) is 3.38. The maximum absolute atomic E-state index is 13.2. The van der Waals surface area contributed by atoms with Crippen LogP contribution in [0.25, 0.3) is 5.82 Å². The lowest BCUT2D eigenvalue weighted by Crippen LogP contribution is -3.04. The van der Waals surface area contributed by atoms with E-state index in [4.69, 9.17) is 15.2 Å². The number of hydrogen-bond acceptors (Lipinski definition) is 10. The molecule has 0 aliphatic rings. The summed E-state index contributed by atoms with van der Waals surface area (Å²) in [5.41, 5.74) is 10.0. The largest absolute Gasteiger partial charge is 0.493 e. The van der Waals surface area contributed by atoms with E-state index >= 15 is 0 Å². The van der Waals surface area contributed by atoms with Gasteiger partial charge in [0.2, 0.25) is 11.6 Å². The first-order valence-corrected chi connectivity index (χ1v) is 11.1. The van der Waals surface area contributed by atoms with Crippen molar-refractivity contribution in [2.45, 2.75) is 13.2 Å². The fraction of sp³-hybridized carbons (Fsp3) is 0.217. The smallest absolute Gasteiger partial charge is 0.294 e. The molecule has 0 saturated heterocycles. The van der Waals surface area contributed by atoms with Gasteiger partial charge in [-0.15, -0.1) is 5.10 Å². The van der Waals surface area contributed by atoms with Crippen LogP contribution in [-0.4, -0.2) is 58.6 Å². The van der Waals surface area contributed by atoms with Gasteiger partial charge >= 0.3 is 0 Å². The molecule has 0 fully saturated rings. The van der Waals surface area contributed by atoms with E-state index in [0.29, 0.717) is 29.3 Å². The molecule has 0 bridgehead atoms. The number of carbonyl (C=O) groups is 1. The summed E-state index contributed by atoms with van der Waals surface area (Å²) in [5.74, 6) is 0.0904. The zero-order valence-electron chi connectivity index (χ0n) is 20.3. The molecule has 13 nitrogen and oxygen atoms in total. The van der Waals surface area contributed by atoms with Crippen molar-refractivity contribution in [2.75, 3.05) is 26.9 Å². The standard InChI is InChI=1S/C23H24FN9O4/c1-32(2)12-17-19(27-31-33(17)22-21(25)29-37-30-22)23(34)28-26-11-15-5-4-6-18(35-3)20(15)36-13-14-7-9-16(24)10-8-14/h4-11H,12-13H2,1-3H3,(H2,25,29)(H,28,34)/p+1. The van der Waals surface area contributed by atoms with E-state index in [2.05, 4.69) is 35.8 Å². The second-order valence-corrected chi connectivity index (χ2v) is 8.15. The first-order valence-electron chi connectivity index (χ1n) is 11.1. The molecule has 0 saturated carbocycles. The van der Waals surface area contributed by atoms with Crippen LogP contribution in [0, 0.1) is 5.82 Å². The second kappa shape index (κ2) is 11.3. The molecular formula is C23H25FN9O4+. The summed E-state index contributed by atoms with van der Waals surface area (Å²) in [7, 11) is 5.31. The summed E-state index contributed by atoms with van der Waals surface area (Å²) in [5, 5.41) is 19.3. The van der Waals surface area contributed by atoms with Gasteiger partial charge in [0.15, 0.2) is 17.2 Å². The van der Waals surface area contributed by atoms with E-state index in [0.717, 1.165) is 10.5 Å². The Balaban J connectivity index is 1.53. The Kier molecular flexibility index (Phi) is 7.68. The fourth-order valence-corrected chi connectivity index (χ4v) is 3.38. The quantitative estimate of drug-likeness (QED) is 0.202. The van der Waals surface area contributed by atoms with Gasteiger partial charge in [0.1, 0.15) is 24.7 Å². The average molecular weight is 511 g/mol. The Morgan fingerprint density at radius 1 is 1.24 bits per heavy atom. The summed E-state index contributed by atoms with van der Waals surface area (Å²) in [4.78, 5) is 13.9. The Morgan fingerprint density at radius 3 is 2.70 bits per heavy atom. The highest BCUT2D eigenvalue weighted by molar-refractivity contribution is 5.94. The van der Waals surface area contributed by atoms with Crippen molar-refractivity contribution < 1.29 is 28.2 Å². The van der Waals surface area contributed by atoms with Gasteiger partial charge in [0.05, 0.1) is 27.4 Å². The van der Waals surface area contributed by atoms with Crippen LogP contribution < -0.4 is 25.5 Å². The van der Waals surface area contributed by atoms with Gasteiger partial charge in [-0.3, -0.25) is 4.79 Å². The number of methoxy groups -OCH3 is 1. The number of nitrogens with zero attached hydrogens (tertiary/aromatic N) is 6. The third-order valence-corrected chi connectivity index (χ3v) is 5.09. The Labute approximate surface area is 210 Å². The molecule has 0 aliphatic heterocycles. The minimum Gasteiger partial charge on any atom is -0.493 e. The number of carbonyl (C=O) groups excluding carboxylic acids is 1. The van der Waals surface area contributed by atoms with E-state index in [-0.39, 0.29) is 29.8 Å². The molecule has 0 unspecified atom stereocenters. The number of hydrazone groups is 1. The topological polar surface area (TPSA) is 160 Å². The highest BCUT2D eigenvalue weighted by atomic mass is 19.1. The number of nitrogens with one attached hydrogen (secondary N) is 2. The van der Waals surface area contributed by atoms with Crippen molar-refractivity contribution in [3.05, 3.63) is 70.8 Å². The maximum Gasteiger partial charge on any atom is 0.294 e. The number of anilines is 1. The Morgan fingerprint density at radius 2 is 2.03 bits per heavy atom. The summed E-state index contributed by atoms with van der Waals surface area (Å²) in [6.07, 6.45) is 1.42. The molecule has 37 heavy (non-hydrogen) atoms. The zero-order chi connectivity index (χ0) is 26.4. The molecule has 4 N–H and O–H groups in total. The molecule has 192 valence electrons. The summed E-state index contributed by atoms with van der Waals surface area (Å²) in [6, 6.07) is 11.2. The van der Waals surface area contributed by atoms with E-state index in [1.165, 1.54) is 30.1 Å². The summed E-state index contributed by atoms with van der Waals surface area (Å²) >= 11 is 0. The number of amides is 1. The average Bonchev–Trinajstić information content (AvgIpc) is 3.49. The number of quaternary nitrogens is 1. The SMILES string of the molecule is COc1cccc(C=NNC(=O)c2nnn(-c3nonc3N)c2C[NH+](C)C)c1OCc1ccc(F)cc1. The number of aromatic nitrogens is 5. The first-order chi connectivity index (χ1) is 17.9. The lowest BCUT2D eigenvalue weighted by molar-refractivity contribution is -0.873. The highest BCUT2D eigenvalue weighted by Crippen LogP contribution is 2.31. The monoisotopic (exact) mass is 510 g/mol. The molecule has 4 aromatic rings. The van der Waals surface area contributed by atoms with E-state index in [1.54, 1.807) is 30.3 Å². The number of nitrogen functional groups attached to an aromatic ring is 1. The third-order valence-electron chi connectivity index (χ3n) is 5.09. The van der Waals surface area contributed by atoms with Crippen LogP contribution in [0.15, 0.2) is 52.2 Å². The maximum atomic E-state index is 13.2. The Bertz CT molecular complexity index is 1400. The van der Waals surface area contributed by atoms with Crippen molar-refractivity contribution in [3.63, 3.8) is 0 Å². The van der Waals surface area contributed by atoms with Crippen molar-refractivity contribution >= 4 is 17.9 Å². The molecule has 4 rings (SSSR count). The molecule has 2 heterocycles. The molecule has 0 atom stereocenters. The van der Waals surface area contributed by atoms with Crippen molar-refractivity contribution in [1.29, 1.82) is 0 Å². The van der Waals surface area contributed by atoms with E-state index in [1.807, 2.05) is 14.1 Å². The number of para-hydroxylation sites is 1. The minimum absolute atomic E-state index is 0.0103. The van der Waals surface area contributed by atoms with Gasteiger partial charge in [-0.05, 0) is 40.1 Å². The molecule has 1 amide bonds. The predicted molar refractivity (Wildman–Crippen MR) is 129 cm³/mol.